The largest absolute Gasteiger partial charge is 0.750 e. The first kappa shape index (κ1) is 11.7. The van der Waals surface area contributed by atoms with Gasteiger partial charge in [0, 0.05) is 5.75 Å². The highest BCUT2D eigenvalue weighted by atomic mass is 32.2. The molecule has 0 aromatic heterocycles. The second-order valence-electron chi connectivity index (χ2n) is 1.69. The number of amides is 2. The molecule has 6 nitrogen and oxygen atoms in total. The molecule has 0 aliphatic rings. The van der Waals surface area contributed by atoms with E-state index < -0.39 is 17.4 Å². The van der Waals surface area contributed by atoms with E-state index in [0.717, 1.165) is 11.9 Å². The van der Waals surface area contributed by atoms with Gasteiger partial charge < -0.3 is 14.5 Å². The molecule has 72 valence electrons. The molecule has 0 aliphatic heterocycles. The summed E-state index contributed by atoms with van der Waals surface area (Å²) in [6.07, 6.45) is 0.527. The monoisotopic (exact) mass is 213 g/mol. The van der Waals surface area contributed by atoms with E-state index in [-0.39, 0.29) is 6.61 Å². The number of hydrogen-bond donors (Lipinski definition) is 2. The molecule has 0 aliphatic carbocycles. The van der Waals surface area contributed by atoms with Crippen LogP contribution in [-0.2, 0) is 15.5 Å². The highest BCUT2D eigenvalue weighted by Crippen LogP contribution is 1.96. The number of nitrogens with two attached hydrogens (primary N) is 1. The van der Waals surface area contributed by atoms with E-state index in [4.69, 9.17) is 5.73 Å². The average Bonchev–Trinajstić information content (AvgIpc) is 1.95. The Labute approximate surface area is 76.8 Å². The van der Waals surface area contributed by atoms with Crippen molar-refractivity contribution in [2.45, 2.75) is 6.42 Å². The molecule has 8 heteroatoms. The summed E-state index contributed by atoms with van der Waals surface area (Å²) in [7, 11) is 0. The van der Waals surface area contributed by atoms with Crippen LogP contribution in [-0.4, -0.2) is 27.2 Å². The second kappa shape index (κ2) is 7.35. The molecule has 1 atom stereocenters. The molecule has 0 radical (unpaired) electrons. The average molecular weight is 213 g/mol. The van der Waals surface area contributed by atoms with Crippen molar-refractivity contribution in [1.82, 2.24) is 4.72 Å². The van der Waals surface area contributed by atoms with Gasteiger partial charge in [-0.25, -0.2) is 9.00 Å². The molecule has 0 fully saturated rings. The van der Waals surface area contributed by atoms with Gasteiger partial charge in [-0.15, -0.1) is 0 Å². The van der Waals surface area contributed by atoms with Crippen molar-refractivity contribution >= 4 is 29.3 Å². The van der Waals surface area contributed by atoms with Gasteiger partial charge in [-0.2, -0.15) is 0 Å². The van der Waals surface area contributed by atoms with Crippen LogP contribution in [0.5, 0.6) is 0 Å². The lowest BCUT2D eigenvalue weighted by Crippen LogP contribution is -2.23. The van der Waals surface area contributed by atoms with Crippen molar-refractivity contribution in [3.8, 4) is 0 Å². The van der Waals surface area contributed by atoms with E-state index in [0.29, 0.717) is 12.2 Å². The lowest BCUT2D eigenvalue weighted by Gasteiger charge is -2.04. The SMILES string of the molecule is NC(=O)NSCCCOS(=O)[O-]. The van der Waals surface area contributed by atoms with E-state index in [1.807, 2.05) is 0 Å². The topological polar surface area (TPSA) is 104 Å². The van der Waals surface area contributed by atoms with Crippen LogP contribution in [0.3, 0.4) is 0 Å². The minimum atomic E-state index is -2.45. The van der Waals surface area contributed by atoms with E-state index in [1.165, 1.54) is 0 Å². The van der Waals surface area contributed by atoms with Gasteiger partial charge in [-0.3, -0.25) is 4.72 Å². The second-order valence-corrected chi connectivity index (χ2v) is 3.24. The number of hydrogen-bond acceptors (Lipinski definition) is 5. The fraction of sp³-hybridized carbons (Fsp3) is 0.750. The van der Waals surface area contributed by atoms with Crippen LogP contribution >= 0.6 is 11.9 Å². The lowest BCUT2D eigenvalue weighted by atomic mass is 10.5. The third kappa shape index (κ3) is 9.69. The maximum absolute atomic E-state index is 10.1. The number of primary amides is 1. The van der Waals surface area contributed by atoms with E-state index in [9.17, 15) is 13.6 Å². The summed E-state index contributed by atoms with van der Waals surface area (Å²) in [4.78, 5) is 10.1. The lowest BCUT2D eigenvalue weighted by molar-refractivity contribution is 0.254. The zero-order valence-corrected chi connectivity index (χ0v) is 7.78. The van der Waals surface area contributed by atoms with Crippen LogP contribution in [0.25, 0.3) is 0 Å². The van der Waals surface area contributed by atoms with Crippen LogP contribution in [0, 0.1) is 0 Å². The van der Waals surface area contributed by atoms with E-state index in [1.54, 1.807) is 0 Å². The molecular weight excluding hydrogens is 204 g/mol. The van der Waals surface area contributed by atoms with Gasteiger partial charge in [0.15, 0.2) is 0 Å². The minimum Gasteiger partial charge on any atom is -0.750 e. The van der Waals surface area contributed by atoms with Crippen LogP contribution < -0.4 is 10.5 Å². The molecule has 0 saturated heterocycles. The van der Waals surface area contributed by atoms with Crippen molar-refractivity contribution in [3.63, 3.8) is 0 Å². The first-order chi connectivity index (χ1) is 5.63. The Hall–Kier alpha value is -0.310. The predicted octanol–water partition coefficient (Wildman–Crippen LogP) is -0.496. The van der Waals surface area contributed by atoms with Gasteiger partial charge in [-0.05, 0) is 18.4 Å². The van der Waals surface area contributed by atoms with Crippen molar-refractivity contribution < 1.29 is 17.7 Å². The zero-order chi connectivity index (χ0) is 9.40. The predicted molar refractivity (Wildman–Crippen MR) is 44.7 cm³/mol. The van der Waals surface area contributed by atoms with Crippen LogP contribution in [0.2, 0.25) is 0 Å². The number of nitrogens with one attached hydrogen (secondary N) is 1. The summed E-state index contributed by atoms with van der Waals surface area (Å²) in [5.41, 5.74) is 4.75. The fourth-order valence-electron chi connectivity index (χ4n) is 0.380. The van der Waals surface area contributed by atoms with Gasteiger partial charge in [0.2, 0.25) is 0 Å². The summed E-state index contributed by atoms with van der Waals surface area (Å²) < 4.78 is 26.1. The highest BCUT2D eigenvalue weighted by Gasteiger charge is 1.92. The van der Waals surface area contributed by atoms with E-state index in [2.05, 4.69) is 8.91 Å². The Morgan fingerprint density at radius 3 is 2.92 bits per heavy atom. The molecule has 0 rings (SSSR count). The molecule has 0 saturated carbocycles. The number of urea groups is 1. The van der Waals surface area contributed by atoms with Gasteiger partial charge in [0.1, 0.15) is 0 Å². The Morgan fingerprint density at radius 1 is 1.75 bits per heavy atom. The summed E-state index contributed by atoms with van der Waals surface area (Å²) >= 11 is -1.34. The van der Waals surface area contributed by atoms with Crippen molar-refractivity contribution in [2.75, 3.05) is 12.4 Å². The third-order valence-electron chi connectivity index (χ3n) is 0.743. The molecule has 0 aromatic rings. The first-order valence-electron chi connectivity index (χ1n) is 3.02. The molecule has 0 aromatic carbocycles. The molecule has 0 heterocycles. The van der Waals surface area contributed by atoms with Crippen molar-refractivity contribution in [3.05, 3.63) is 0 Å². The quantitative estimate of drug-likeness (QED) is 0.352. The van der Waals surface area contributed by atoms with Crippen molar-refractivity contribution in [1.29, 1.82) is 0 Å². The fourth-order valence-corrected chi connectivity index (χ4v) is 1.14. The molecule has 0 bridgehead atoms. The van der Waals surface area contributed by atoms with E-state index >= 15 is 0 Å². The van der Waals surface area contributed by atoms with Crippen molar-refractivity contribution in [2.24, 2.45) is 5.73 Å². The summed E-state index contributed by atoms with van der Waals surface area (Å²) in [6.45, 7) is 0.115. The minimum absolute atomic E-state index is 0.115. The standard InChI is InChI=1S/C4H10N2O4S2/c5-4(7)6-11-3-1-2-10-12(8)9/h1-3H2,(H,8,9)(H3,5,6,7)/p-1. The molecule has 2 amide bonds. The number of carbonyl (C=O) groups excluding carboxylic acids is 1. The maximum Gasteiger partial charge on any atom is 0.322 e. The third-order valence-corrected chi connectivity index (χ3v) is 1.94. The molecule has 0 spiro atoms. The summed E-state index contributed by atoms with van der Waals surface area (Å²) in [6, 6.07) is -0.617. The zero-order valence-electron chi connectivity index (χ0n) is 6.15. The maximum atomic E-state index is 10.1. The molecule has 1 unspecified atom stereocenters. The van der Waals surface area contributed by atoms with Gasteiger partial charge in [-0.1, -0.05) is 0 Å². The van der Waals surface area contributed by atoms with Gasteiger partial charge in [0.25, 0.3) is 0 Å². The van der Waals surface area contributed by atoms with Crippen LogP contribution in [0.15, 0.2) is 0 Å². The Kier molecular flexibility index (Phi) is 7.16. The van der Waals surface area contributed by atoms with Gasteiger partial charge in [0.05, 0.1) is 18.0 Å². The highest BCUT2D eigenvalue weighted by molar-refractivity contribution is 7.97. The Balaban J connectivity index is 3.01. The molecule has 3 N–H and O–H groups in total. The normalized spacial score (nSPS) is 12.4. The van der Waals surface area contributed by atoms with Crippen LogP contribution in [0.4, 0.5) is 4.79 Å². The van der Waals surface area contributed by atoms with Gasteiger partial charge >= 0.3 is 6.03 Å². The first-order valence-corrected chi connectivity index (χ1v) is 5.01. The number of carbonyl (C=O) groups is 1. The number of rotatable bonds is 6. The Morgan fingerprint density at radius 2 is 2.42 bits per heavy atom. The molecule has 12 heavy (non-hydrogen) atoms. The Bertz CT molecular complexity index is 147. The summed E-state index contributed by atoms with van der Waals surface area (Å²) in [5.74, 6) is 0.556. The smallest absolute Gasteiger partial charge is 0.322 e. The van der Waals surface area contributed by atoms with Crippen LogP contribution in [0.1, 0.15) is 6.42 Å². The molecular formula is C4H9N2O4S2-. The summed E-state index contributed by atoms with van der Waals surface area (Å²) in [5, 5.41) is 0.